The van der Waals surface area contributed by atoms with Gasteiger partial charge < -0.3 is 11.1 Å². The molecule has 2 amide bonds. The van der Waals surface area contributed by atoms with Crippen molar-refractivity contribution in [2.75, 3.05) is 11.1 Å². The highest BCUT2D eigenvalue weighted by Crippen LogP contribution is 2.38. The van der Waals surface area contributed by atoms with Crippen LogP contribution in [0.3, 0.4) is 0 Å². The first-order chi connectivity index (χ1) is 14.0. The van der Waals surface area contributed by atoms with Gasteiger partial charge in [0.2, 0.25) is 5.91 Å². The fraction of sp³-hybridized carbons (Fsp3) is 0.100. The normalized spacial score (nSPS) is 10.9. The van der Waals surface area contributed by atoms with Crippen LogP contribution in [0.25, 0.3) is 21.3 Å². The highest BCUT2D eigenvalue weighted by atomic mass is 32.2. The van der Waals surface area contributed by atoms with Crippen molar-refractivity contribution in [1.82, 2.24) is 9.97 Å². The molecule has 0 saturated heterocycles. The molecular weight excluding hydrogens is 424 g/mol. The summed E-state index contributed by atoms with van der Waals surface area (Å²) in [7, 11) is 0. The number of nitrogens with two attached hydrogens (primary N) is 1. The average Bonchev–Trinajstić information content (AvgIpc) is 3.34. The summed E-state index contributed by atoms with van der Waals surface area (Å²) in [5.74, 6) is -0.627. The summed E-state index contributed by atoms with van der Waals surface area (Å²) in [6.45, 7) is 2.05. The van der Waals surface area contributed by atoms with E-state index in [0.29, 0.717) is 10.6 Å². The number of nitrogens with zero attached hydrogens (tertiary/aromatic N) is 2. The fourth-order valence-electron chi connectivity index (χ4n) is 2.80. The van der Waals surface area contributed by atoms with Gasteiger partial charge in [-0.05, 0) is 23.9 Å². The Kier molecular flexibility index (Phi) is 5.61. The summed E-state index contributed by atoms with van der Waals surface area (Å²) in [4.78, 5) is 33.5. The van der Waals surface area contributed by atoms with Crippen LogP contribution in [-0.2, 0) is 4.79 Å². The number of thiophene rings is 2. The third-order valence-corrected chi connectivity index (χ3v) is 6.93. The molecule has 0 unspecified atom stereocenters. The van der Waals surface area contributed by atoms with Gasteiger partial charge in [0, 0.05) is 10.9 Å². The number of nitrogens with one attached hydrogen (secondary N) is 1. The van der Waals surface area contributed by atoms with Gasteiger partial charge in [-0.25, -0.2) is 9.97 Å². The van der Waals surface area contributed by atoms with Crippen LogP contribution in [0.2, 0.25) is 0 Å². The molecule has 0 fully saturated rings. The Labute approximate surface area is 179 Å². The first-order valence-electron chi connectivity index (χ1n) is 8.62. The van der Waals surface area contributed by atoms with Crippen LogP contribution in [0, 0.1) is 6.92 Å². The van der Waals surface area contributed by atoms with E-state index in [1.54, 1.807) is 22.8 Å². The summed E-state index contributed by atoms with van der Waals surface area (Å²) >= 11 is 4.16. The molecule has 0 aliphatic heterocycles. The highest BCUT2D eigenvalue weighted by molar-refractivity contribution is 8.00. The van der Waals surface area contributed by atoms with E-state index in [-0.39, 0.29) is 11.7 Å². The number of fused-ring (bicyclic) bond motifs is 1. The second-order valence-electron chi connectivity index (χ2n) is 6.24. The van der Waals surface area contributed by atoms with E-state index in [2.05, 4.69) is 51.9 Å². The topological polar surface area (TPSA) is 98.0 Å². The van der Waals surface area contributed by atoms with Crippen molar-refractivity contribution in [2.45, 2.75) is 11.9 Å². The molecule has 0 saturated carbocycles. The van der Waals surface area contributed by atoms with Gasteiger partial charge in [-0.1, -0.05) is 41.6 Å². The van der Waals surface area contributed by atoms with Gasteiger partial charge in [-0.15, -0.1) is 22.7 Å². The minimum Gasteiger partial charge on any atom is -0.366 e. The number of thioether (sulfide) groups is 1. The van der Waals surface area contributed by atoms with E-state index in [1.807, 2.05) is 0 Å². The lowest BCUT2D eigenvalue weighted by molar-refractivity contribution is -0.113. The smallest absolute Gasteiger partial charge is 0.251 e. The van der Waals surface area contributed by atoms with Crippen LogP contribution >= 0.6 is 34.4 Å². The Morgan fingerprint density at radius 2 is 1.93 bits per heavy atom. The zero-order chi connectivity index (χ0) is 20.4. The van der Waals surface area contributed by atoms with Crippen molar-refractivity contribution in [3.8, 4) is 11.1 Å². The third kappa shape index (κ3) is 4.16. The van der Waals surface area contributed by atoms with Crippen LogP contribution in [0.4, 0.5) is 5.00 Å². The standard InChI is InChI=1S/C20H16N4O2S3/c1-11-2-4-12(5-3-11)14-8-28-19-16(14)20(23-10-22-19)29-9-15(25)24-18-13(17(21)26)6-7-27-18/h2-8,10H,9H2,1H3,(H2,21,26)(H,24,25). The first-order valence-corrected chi connectivity index (χ1v) is 11.4. The van der Waals surface area contributed by atoms with E-state index >= 15 is 0 Å². The molecule has 9 heteroatoms. The van der Waals surface area contributed by atoms with E-state index < -0.39 is 5.91 Å². The number of hydrogen-bond acceptors (Lipinski definition) is 7. The number of rotatable bonds is 6. The van der Waals surface area contributed by atoms with Crippen LogP contribution in [-0.4, -0.2) is 27.5 Å². The zero-order valence-corrected chi connectivity index (χ0v) is 17.8. The zero-order valence-electron chi connectivity index (χ0n) is 15.3. The number of anilines is 1. The fourth-order valence-corrected chi connectivity index (χ4v) is 5.40. The van der Waals surface area contributed by atoms with Crippen molar-refractivity contribution in [3.63, 3.8) is 0 Å². The van der Waals surface area contributed by atoms with E-state index in [4.69, 9.17) is 5.73 Å². The Morgan fingerprint density at radius 1 is 1.14 bits per heavy atom. The molecule has 146 valence electrons. The molecule has 3 heterocycles. The predicted molar refractivity (Wildman–Crippen MR) is 120 cm³/mol. The highest BCUT2D eigenvalue weighted by Gasteiger charge is 2.16. The molecule has 6 nitrogen and oxygen atoms in total. The number of primary amides is 1. The summed E-state index contributed by atoms with van der Waals surface area (Å²) in [5, 5.41) is 8.71. The number of carbonyl (C=O) groups is 2. The molecule has 0 radical (unpaired) electrons. The molecule has 1 aromatic carbocycles. The second kappa shape index (κ2) is 8.32. The van der Waals surface area contributed by atoms with E-state index in [0.717, 1.165) is 26.4 Å². The number of hydrogen-bond donors (Lipinski definition) is 2. The molecule has 0 atom stereocenters. The summed E-state index contributed by atoms with van der Waals surface area (Å²) in [5.41, 5.74) is 8.99. The van der Waals surface area contributed by atoms with Gasteiger partial charge in [0.15, 0.2) is 0 Å². The number of amides is 2. The Hall–Kier alpha value is -2.75. The lowest BCUT2D eigenvalue weighted by Gasteiger charge is -2.07. The second-order valence-corrected chi connectivity index (χ2v) is 8.98. The van der Waals surface area contributed by atoms with E-state index in [9.17, 15) is 9.59 Å². The number of carbonyl (C=O) groups excluding carboxylic acids is 2. The lowest BCUT2D eigenvalue weighted by Crippen LogP contribution is -2.17. The molecule has 0 spiro atoms. The van der Waals surface area contributed by atoms with Gasteiger partial charge in [0.1, 0.15) is 21.2 Å². The maximum absolute atomic E-state index is 12.4. The van der Waals surface area contributed by atoms with Crippen molar-refractivity contribution >= 4 is 61.5 Å². The summed E-state index contributed by atoms with van der Waals surface area (Å²) in [6, 6.07) is 9.89. The molecule has 3 N–H and O–H groups in total. The number of benzene rings is 1. The SMILES string of the molecule is Cc1ccc(-c2csc3ncnc(SCC(=O)Nc4sccc4C(N)=O)c23)cc1. The quantitative estimate of drug-likeness (QED) is 0.338. The molecule has 0 aliphatic rings. The molecule has 3 aromatic heterocycles. The van der Waals surface area contributed by atoms with Gasteiger partial charge >= 0.3 is 0 Å². The van der Waals surface area contributed by atoms with Crippen LogP contribution < -0.4 is 11.1 Å². The van der Waals surface area contributed by atoms with Crippen molar-refractivity contribution < 1.29 is 9.59 Å². The molecule has 29 heavy (non-hydrogen) atoms. The van der Waals surface area contributed by atoms with Crippen molar-refractivity contribution in [3.05, 3.63) is 58.5 Å². The van der Waals surface area contributed by atoms with Gasteiger partial charge in [0.25, 0.3) is 5.91 Å². The lowest BCUT2D eigenvalue weighted by atomic mass is 10.1. The predicted octanol–water partition coefficient (Wildman–Crippen LogP) is 4.56. The molecule has 4 rings (SSSR count). The van der Waals surface area contributed by atoms with Crippen LogP contribution in [0.5, 0.6) is 0 Å². The largest absolute Gasteiger partial charge is 0.366 e. The Bertz CT molecular complexity index is 1200. The van der Waals surface area contributed by atoms with Crippen LogP contribution in [0.1, 0.15) is 15.9 Å². The minimum atomic E-state index is -0.562. The first kappa shape index (κ1) is 19.6. The minimum absolute atomic E-state index is 0.158. The molecule has 4 aromatic rings. The van der Waals surface area contributed by atoms with Crippen molar-refractivity contribution in [1.29, 1.82) is 0 Å². The molecular formula is C20H16N4O2S3. The third-order valence-electron chi connectivity index (χ3n) is 4.22. The summed E-state index contributed by atoms with van der Waals surface area (Å²) < 4.78 is 0. The monoisotopic (exact) mass is 440 g/mol. The summed E-state index contributed by atoms with van der Waals surface area (Å²) in [6.07, 6.45) is 1.52. The van der Waals surface area contributed by atoms with E-state index in [1.165, 1.54) is 35.0 Å². The van der Waals surface area contributed by atoms with Gasteiger partial charge in [0.05, 0.1) is 16.7 Å². The maximum Gasteiger partial charge on any atom is 0.251 e. The average molecular weight is 441 g/mol. The number of aryl methyl sites for hydroxylation is 1. The molecule has 0 bridgehead atoms. The number of aromatic nitrogens is 2. The van der Waals surface area contributed by atoms with Crippen LogP contribution in [0.15, 0.2) is 52.4 Å². The maximum atomic E-state index is 12.4. The van der Waals surface area contributed by atoms with Gasteiger partial charge in [-0.2, -0.15) is 0 Å². The van der Waals surface area contributed by atoms with Crippen molar-refractivity contribution in [2.24, 2.45) is 5.73 Å². The Morgan fingerprint density at radius 3 is 2.69 bits per heavy atom. The Balaban J connectivity index is 1.56. The van der Waals surface area contributed by atoms with Gasteiger partial charge in [-0.3, -0.25) is 9.59 Å². The molecule has 0 aliphatic carbocycles.